The fourth-order valence-corrected chi connectivity index (χ4v) is 8.32. The number of nitrogens with zero attached hydrogens (tertiary/aromatic N) is 1. The van der Waals surface area contributed by atoms with Crippen molar-refractivity contribution in [3.05, 3.63) is 35.9 Å². The van der Waals surface area contributed by atoms with Crippen LogP contribution < -0.4 is 15.4 Å². The van der Waals surface area contributed by atoms with Crippen LogP contribution in [0, 0.1) is 17.8 Å². The second kappa shape index (κ2) is 20.5. The first-order valence-electron chi connectivity index (χ1n) is 18.6. The van der Waals surface area contributed by atoms with Gasteiger partial charge in [0, 0.05) is 26.2 Å². The van der Waals surface area contributed by atoms with Gasteiger partial charge in [0.25, 0.3) is 10.2 Å². The van der Waals surface area contributed by atoms with E-state index in [1.54, 1.807) is 14.0 Å². The molecule has 0 spiro atoms. The second-order valence-corrected chi connectivity index (χ2v) is 16.7. The van der Waals surface area contributed by atoms with Crippen molar-refractivity contribution in [2.24, 2.45) is 17.8 Å². The van der Waals surface area contributed by atoms with Crippen molar-refractivity contribution in [3.8, 4) is 0 Å². The number of carbonyl (C=O) groups is 3. The molecule has 0 bridgehead atoms. The number of aliphatic hydroxyl groups is 1. The van der Waals surface area contributed by atoms with Crippen LogP contribution in [0.3, 0.4) is 0 Å². The number of alkyl carbamates (subject to hydrolysis) is 1. The number of methoxy groups -OCH3 is 1. The van der Waals surface area contributed by atoms with Crippen LogP contribution in [0.4, 0.5) is 4.79 Å². The third kappa shape index (κ3) is 13.9. The van der Waals surface area contributed by atoms with Gasteiger partial charge in [-0.1, -0.05) is 57.0 Å². The van der Waals surface area contributed by atoms with E-state index in [2.05, 4.69) is 15.4 Å². The quantitative estimate of drug-likeness (QED) is 0.153. The first kappa shape index (κ1) is 42.6. The lowest BCUT2D eigenvalue weighted by Crippen LogP contribution is -2.58. The van der Waals surface area contributed by atoms with Crippen LogP contribution in [0.1, 0.15) is 98.0 Å². The van der Waals surface area contributed by atoms with E-state index in [4.69, 9.17) is 14.2 Å². The Morgan fingerprint density at radius 1 is 1.00 bits per heavy atom. The molecule has 0 radical (unpaired) electrons. The third-order valence-corrected chi connectivity index (χ3v) is 11.7. The summed E-state index contributed by atoms with van der Waals surface area (Å²) in [5.41, 5.74) is -0.706. The van der Waals surface area contributed by atoms with Crippen molar-refractivity contribution >= 4 is 28.2 Å². The molecular weight excluding hydrogens is 676 g/mol. The largest absolute Gasteiger partial charge is 0.465 e. The molecule has 0 saturated heterocycles. The molecule has 13 nitrogen and oxygen atoms in total. The molecule has 0 heterocycles. The molecule has 0 aliphatic heterocycles. The summed E-state index contributed by atoms with van der Waals surface area (Å²) >= 11 is 0. The lowest BCUT2D eigenvalue weighted by atomic mass is 9.83. The molecule has 2 saturated carbocycles. The summed E-state index contributed by atoms with van der Waals surface area (Å²) in [6.07, 6.45) is 5.72. The molecular formula is C37H62N4O9S. The molecule has 51 heavy (non-hydrogen) atoms. The molecule has 2 aliphatic carbocycles. The highest BCUT2D eigenvalue weighted by Gasteiger charge is 2.39. The van der Waals surface area contributed by atoms with Gasteiger partial charge < -0.3 is 30.0 Å². The number of hydrogen-bond donors (Lipinski definition) is 4. The summed E-state index contributed by atoms with van der Waals surface area (Å²) in [4.78, 5) is 39.4. The molecule has 3 rings (SSSR count). The van der Waals surface area contributed by atoms with E-state index in [1.165, 1.54) is 13.8 Å². The predicted octanol–water partition coefficient (Wildman–Crippen LogP) is 4.09. The SMILES string of the molecule is CCOC(=O)C(C)(C)NS(=O)(=O)N(CCC(C)C)CC(O)C(Cc1ccccc1)NC(=O)C1CCCCC1NC(=O)OCC1CCC(OC)CC1. The Bertz CT molecular complexity index is 1340. The zero-order chi connectivity index (χ0) is 37.6. The highest BCUT2D eigenvalue weighted by atomic mass is 32.2. The van der Waals surface area contributed by atoms with E-state index in [0.29, 0.717) is 25.9 Å². The summed E-state index contributed by atoms with van der Waals surface area (Å²) in [6.45, 7) is 8.59. The molecule has 0 aromatic heterocycles. The number of esters is 1. The molecule has 4 N–H and O–H groups in total. The lowest BCUT2D eigenvalue weighted by Gasteiger charge is -2.35. The number of carbonyl (C=O) groups excluding carboxylic acids is 3. The Hall–Kier alpha value is -2.78. The van der Waals surface area contributed by atoms with E-state index in [1.807, 2.05) is 44.2 Å². The van der Waals surface area contributed by atoms with Crippen molar-refractivity contribution < 1.29 is 42.1 Å². The van der Waals surface area contributed by atoms with E-state index in [9.17, 15) is 27.9 Å². The summed E-state index contributed by atoms with van der Waals surface area (Å²) in [5.74, 6) is -1.16. The van der Waals surface area contributed by atoms with Crippen LogP contribution in [-0.4, -0.2) is 99.0 Å². The first-order valence-corrected chi connectivity index (χ1v) is 20.0. The van der Waals surface area contributed by atoms with Crippen molar-refractivity contribution in [1.29, 1.82) is 0 Å². The minimum Gasteiger partial charge on any atom is -0.465 e. The van der Waals surface area contributed by atoms with Gasteiger partial charge >= 0.3 is 12.1 Å². The van der Waals surface area contributed by atoms with Crippen molar-refractivity contribution in [1.82, 2.24) is 19.7 Å². The van der Waals surface area contributed by atoms with E-state index < -0.39 is 51.9 Å². The number of rotatable bonds is 19. The molecule has 4 unspecified atom stereocenters. The number of aliphatic hydroxyl groups excluding tert-OH is 1. The Kier molecular flexibility index (Phi) is 17.1. The fraction of sp³-hybridized carbons (Fsp3) is 0.757. The lowest BCUT2D eigenvalue weighted by molar-refractivity contribution is -0.149. The van der Waals surface area contributed by atoms with Crippen LogP contribution >= 0.6 is 0 Å². The number of ether oxygens (including phenoxy) is 3. The summed E-state index contributed by atoms with van der Waals surface area (Å²) in [5, 5.41) is 17.7. The molecule has 4 atom stereocenters. The van der Waals surface area contributed by atoms with Crippen molar-refractivity contribution in [2.75, 3.05) is 33.4 Å². The first-order chi connectivity index (χ1) is 24.1. The average molecular weight is 739 g/mol. The van der Waals surface area contributed by atoms with Gasteiger partial charge in [0.1, 0.15) is 5.54 Å². The molecule has 290 valence electrons. The maximum absolute atomic E-state index is 14.0. The van der Waals surface area contributed by atoms with Crippen LogP contribution in [0.15, 0.2) is 30.3 Å². The van der Waals surface area contributed by atoms with Crippen LogP contribution in [0.25, 0.3) is 0 Å². The Balaban J connectivity index is 1.75. The molecule has 2 fully saturated rings. The number of amides is 2. The normalized spacial score (nSPS) is 22.6. The fourth-order valence-electron chi connectivity index (χ4n) is 6.77. The van der Waals surface area contributed by atoms with Crippen molar-refractivity contribution in [3.63, 3.8) is 0 Å². The van der Waals surface area contributed by atoms with Gasteiger partial charge in [-0.15, -0.1) is 0 Å². The van der Waals surface area contributed by atoms with Gasteiger partial charge in [-0.05, 0) is 89.5 Å². The van der Waals surface area contributed by atoms with Gasteiger partial charge in [0.2, 0.25) is 5.91 Å². The highest BCUT2D eigenvalue weighted by Crippen LogP contribution is 2.28. The Morgan fingerprint density at radius 3 is 2.29 bits per heavy atom. The monoisotopic (exact) mass is 738 g/mol. The third-order valence-electron chi connectivity index (χ3n) is 9.93. The zero-order valence-electron chi connectivity index (χ0n) is 31.4. The minimum atomic E-state index is -4.29. The molecule has 1 aromatic rings. The number of nitrogens with one attached hydrogen (secondary N) is 3. The minimum absolute atomic E-state index is 0.0829. The maximum Gasteiger partial charge on any atom is 0.407 e. The van der Waals surface area contributed by atoms with Gasteiger partial charge in [0.05, 0.1) is 37.4 Å². The Labute approximate surface area is 305 Å². The Morgan fingerprint density at radius 2 is 1.67 bits per heavy atom. The zero-order valence-corrected chi connectivity index (χ0v) is 32.2. The maximum atomic E-state index is 14.0. The number of benzene rings is 1. The van der Waals surface area contributed by atoms with Gasteiger partial charge in [-0.25, -0.2) is 4.79 Å². The second-order valence-electron chi connectivity index (χ2n) is 15.0. The standard InChI is InChI=1S/C37H62N4O9S/c1-7-49-35(44)37(4,5)40-51(46,47)41(22-21-26(2)3)24-33(42)32(23-27-13-9-8-10-14-27)38-34(43)30-15-11-12-16-31(30)39-36(45)50-25-28-17-19-29(48-6)20-18-28/h8-10,13-14,26,28-33,40,42H,7,11-12,15-25H2,1-6H3,(H,38,43)(H,39,45). The van der Waals surface area contributed by atoms with Gasteiger partial charge in [-0.2, -0.15) is 17.4 Å². The average Bonchev–Trinajstić information content (AvgIpc) is 3.09. The summed E-state index contributed by atoms with van der Waals surface area (Å²) < 4.78 is 47.2. The highest BCUT2D eigenvalue weighted by molar-refractivity contribution is 7.87. The van der Waals surface area contributed by atoms with E-state index in [0.717, 1.165) is 48.4 Å². The van der Waals surface area contributed by atoms with Crippen LogP contribution in [0.2, 0.25) is 0 Å². The molecule has 2 aliphatic rings. The van der Waals surface area contributed by atoms with Gasteiger partial charge in [0.15, 0.2) is 0 Å². The molecule has 1 aromatic carbocycles. The topological polar surface area (TPSA) is 173 Å². The number of hydrogen-bond acceptors (Lipinski definition) is 9. The summed E-state index contributed by atoms with van der Waals surface area (Å²) in [6, 6.07) is 8.05. The summed E-state index contributed by atoms with van der Waals surface area (Å²) in [7, 11) is -2.57. The van der Waals surface area contributed by atoms with Crippen LogP contribution in [0.5, 0.6) is 0 Å². The predicted molar refractivity (Wildman–Crippen MR) is 195 cm³/mol. The van der Waals surface area contributed by atoms with Crippen molar-refractivity contribution in [2.45, 2.75) is 129 Å². The molecule has 14 heteroatoms. The molecule has 2 amide bonds. The van der Waals surface area contributed by atoms with Crippen LogP contribution in [-0.2, 0) is 40.4 Å². The van der Waals surface area contributed by atoms with E-state index >= 15 is 0 Å². The van der Waals surface area contributed by atoms with Gasteiger partial charge in [-0.3, -0.25) is 9.59 Å². The smallest absolute Gasteiger partial charge is 0.407 e. The van der Waals surface area contributed by atoms with E-state index in [-0.39, 0.29) is 50.0 Å².